The van der Waals surface area contributed by atoms with Gasteiger partial charge in [0.05, 0.1) is 15.0 Å². The van der Waals surface area contributed by atoms with Crippen LogP contribution >= 0.6 is 27.5 Å². The SMILES string of the molecule is O=Cc1cc(Oc2ccc(Cl)cc2Br)ccc1[N+](=O)[O-]. The Hall–Kier alpha value is -1.92. The quantitative estimate of drug-likeness (QED) is 0.455. The Kier molecular flexibility index (Phi) is 4.36. The van der Waals surface area contributed by atoms with Gasteiger partial charge in [-0.2, -0.15) is 0 Å². The number of nitro benzene ring substituents is 1. The standard InChI is InChI=1S/C13H7BrClNO4/c14-11-6-9(15)1-4-13(11)20-10-2-3-12(16(18)19)8(5-10)7-17/h1-7H. The molecule has 7 heteroatoms. The van der Waals surface area contributed by atoms with Crippen LogP contribution in [0.25, 0.3) is 0 Å². The van der Waals surface area contributed by atoms with E-state index in [9.17, 15) is 14.9 Å². The number of nitrogens with zero attached hydrogens (tertiary/aromatic N) is 1. The Morgan fingerprint density at radius 1 is 1.25 bits per heavy atom. The zero-order chi connectivity index (χ0) is 14.7. The summed E-state index contributed by atoms with van der Waals surface area (Å²) < 4.78 is 6.19. The summed E-state index contributed by atoms with van der Waals surface area (Å²) in [6.45, 7) is 0. The second-order valence-electron chi connectivity index (χ2n) is 3.77. The minimum absolute atomic E-state index is 0.0439. The topological polar surface area (TPSA) is 69.4 Å². The van der Waals surface area contributed by atoms with Crippen molar-refractivity contribution in [3.05, 3.63) is 61.6 Å². The number of hydrogen-bond acceptors (Lipinski definition) is 4. The first-order valence-electron chi connectivity index (χ1n) is 5.38. The predicted molar refractivity (Wildman–Crippen MR) is 77.7 cm³/mol. The summed E-state index contributed by atoms with van der Waals surface area (Å²) >= 11 is 9.11. The molecule has 0 saturated heterocycles. The van der Waals surface area contributed by atoms with Crippen LogP contribution in [0.4, 0.5) is 5.69 Å². The molecule has 0 atom stereocenters. The van der Waals surface area contributed by atoms with E-state index in [4.69, 9.17) is 16.3 Å². The molecule has 0 amide bonds. The maximum atomic E-state index is 10.9. The van der Waals surface area contributed by atoms with Crippen molar-refractivity contribution in [1.29, 1.82) is 0 Å². The number of nitro groups is 1. The van der Waals surface area contributed by atoms with E-state index in [-0.39, 0.29) is 11.3 Å². The number of rotatable bonds is 4. The normalized spacial score (nSPS) is 10.1. The van der Waals surface area contributed by atoms with Crippen molar-refractivity contribution in [2.45, 2.75) is 0 Å². The fraction of sp³-hybridized carbons (Fsp3) is 0. The molecule has 5 nitrogen and oxygen atoms in total. The molecule has 0 heterocycles. The lowest BCUT2D eigenvalue weighted by Crippen LogP contribution is -1.95. The van der Waals surface area contributed by atoms with Gasteiger partial charge in [-0.25, -0.2) is 0 Å². The number of carbonyl (C=O) groups is 1. The molecule has 0 fully saturated rings. The van der Waals surface area contributed by atoms with E-state index in [0.717, 1.165) is 0 Å². The third-order valence-electron chi connectivity index (χ3n) is 2.44. The van der Waals surface area contributed by atoms with Gasteiger partial charge in [0.15, 0.2) is 6.29 Å². The average molecular weight is 357 g/mol. The van der Waals surface area contributed by atoms with Crippen molar-refractivity contribution < 1.29 is 14.5 Å². The first kappa shape index (κ1) is 14.5. The molecule has 0 aliphatic carbocycles. The molecular formula is C13H7BrClNO4. The molecule has 2 rings (SSSR count). The van der Waals surface area contributed by atoms with Crippen molar-refractivity contribution in [2.24, 2.45) is 0 Å². The molecule has 0 spiro atoms. The fourth-order valence-electron chi connectivity index (χ4n) is 1.54. The van der Waals surface area contributed by atoms with E-state index < -0.39 is 4.92 Å². The third-order valence-corrected chi connectivity index (χ3v) is 3.30. The van der Waals surface area contributed by atoms with Gasteiger partial charge in [0.2, 0.25) is 0 Å². The van der Waals surface area contributed by atoms with E-state index in [2.05, 4.69) is 15.9 Å². The number of ether oxygens (including phenoxy) is 1. The van der Waals surface area contributed by atoms with Crippen LogP contribution in [0.3, 0.4) is 0 Å². The second-order valence-corrected chi connectivity index (χ2v) is 5.06. The summed E-state index contributed by atoms with van der Waals surface area (Å²) in [5.41, 5.74) is -0.305. The Bertz CT molecular complexity index is 690. The van der Waals surface area contributed by atoms with Gasteiger partial charge >= 0.3 is 0 Å². The van der Waals surface area contributed by atoms with Crippen LogP contribution in [-0.2, 0) is 0 Å². The second kappa shape index (κ2) is 6.02. The van der Waals surface area contributed by atoms with E-state index in [1.165, 1.54) is 18.2 Å². The maximum Gasteiger partial charge on any atom is 0.280 e. The van der Waals surface area contributed by atoms with Crippen LogP contribution in [0.2, 0.25) is 5.02 Å². The summed E-state index contributed by atoms with van der Waals surface area (Å²) in [5, 5.41) is 11.3. The van der Waals surface area contributed by atoms with Crippen LogP contribution in [0.15, 0.2) is 40.9 Å². The molecule has 20 heavy (non-hydrogen) atoms. The Balaban J connectivity index is 2.34. The van der Waals surface area contributed by atoms with Crippen molar-refractivity contribution in [1.82, 2.24) is 0 Å². The molecular weight excluding hydrogens is 350 g/mol. The van der Waals surface area contributed by atoms with E-state index in [0.29, 0.717) is 27.3 Å². The lowest BCUT2D eigenvalue weighted by Gasteiger charge is -2.08. The van der Waals surface area contributed by atoms with Crippen molar-refractivity contribution in [2.75, 3.05) is 0 Å². The molecule has 0 bridgehead atoms. The summed E-state index contributed by atoms with van der Waals surface area (Å²) in [6.07, 6.45) is 0.419. The zero-order valence-electron chi connectivity index (χ0n) is 9.88. The molecule has 2 aromatic carbocycles. The molecule has 0 aromatic heterocycles. The van der Waals surface area contributed by atoms with Crippen LogP contribution in [0.5, 0.6) is 11.5 Å². The fourth-order valence-corrected chi connectivity index (χ4v) is 2.31. The zero-order valence-corrected chi connectivity index (χ0v) is 12.2. The van der Waals surface area contributed by atoms with Crippen molar-refractivity contribution >= 4 is 39.5 Å². The van der Waals surface area contributed by atoms with Gasteiger partial charge in [-0.05, 0) is 46.3 Å². The highest BCUT2D eigenvalue weighted by Gasteiger charge is 2.14. The van der Waals surface area contributed by atoms with Crippen LogP contribution in [0.1, 0.15) is 10.4 Å². The highest BCUT2D eigenvalue weighted by molar-refractivity contribution is 9.10. The number of hydrogen-bond donors (Lipinski definition) is 0. The van der Waals surface area contributed by atoms with Gasteiger partial charge in [-0.3, -0.25) is 14.9 Å². The van der Waals surface area contributed by atoms with E-state index in [1.807, 2.05) is 0 Å². The molecule has 0 N–H and O–H groups in total. The highest BCUT2D eigenvalue weighted by atomic mass is 79.9. The molecule has 102 valence electrons. The molecule has 2 aromatic rings. The summed E-state index contributed by atoms with van der Waals surface area (Å²) in [6, 6.07) is 8.91. The maximum absolute atomic E-state index is 10.9. The van der Waals surface area contributed by atoms with Crippen molar-refractivity contribution in [3.8, 4) is 11.5 Å². The summed E-state index contributed by atoms with van der Waals surface area (Å²) in [5.74, 6) is 0.806. The Morgan fingerprint density at radius 3 is 2.60 bits per heavy atom. The number of aldehydes is 1. The van der Waals surface area contributed by atoms with Gasteiger partial charge in [0, 0.05) is 11.1 Å². The number of benzene rings is 2. The van der Waals surface area contributed by atoms with E-state index >= 15 is 0 Å². The monoisotopic (exact) mass is 355 g/mol. The smallest absolute Gasteiger partial charge is 0.280 e. The van der Waals surface area contributed by atoms with Gasteiger partial charge in [0.25, 0.3) is 5.69 Å². The first-order chi connectivity index (χ1) is 9.51. The van der Waals surface area contributed by atoms with Crippen LogP contribution in [0, 0.1) is 10.1 Å². The Morgan fingerprint density at radius 2 is 2.00 bits per heavy atom. The van der Waals surface area contributed by atoms with Gasteiger partial charge in [0.1, 0.15) is 11.5 Å². The summed E-state index contributed by atoms with van der Waals surface area (Å²) in [7, 11) is 0. The highest BCUT2D eigenvalue weighted by Crippen LogP contribution is 2.33. The van der Waals surface area contributed by atoms with Crippen LogP contribution < -0.4 is 4.74 Å². The van der Waals surface area contributed by atoms with E-state index in [1.54, 1.807) is 18.2 Å². The first-order valence-corrected chi connectivity index (χ1v) is 6.55. The minimum Gasteiger partial charge on any atom is -0.456 e. The van der Waals surface area contributed by atoms with Gasteiger partial charge in [-0.15, -0.1) is 0 Å². The average Bonchev–Trinajstić information content (AvgIpc) is 2.41. The number of carbonyl (C=O) groups excluding carboxylic acids is 1. The molecule has 0 unspecified atom stereocenters. The predicted octanol–water partition coefficient (Wildman–Crippen LogP) is 4.62. The lowest BCUT2D eigenvalue weighted by atomic mass is 10.2. The van der Waals surface area contributed by atoms with Gasteiger partial charge < -0.3 is 4.74 Å². The number of halogens is 2. The Labute approximate surface area is 127 Å². The van der Waals surface area contributed by atoms with Crippen molar-refractivity contribution in [3.63, 3.8) is 0 Å². The minimum atomic E-state index is -0.619. The summed E-state index contributed by atoms with van der Waals surface area (Å²) in [4.78, 5) is 21.0. The lowest BCUT2D eigenvalue weighted by molar-refractivity contribution is -0.385. The molecule has 0 aliphatic rings. The molecule has 0 saturated carbocycles. The van der Waals surface area contributed by atoms with Crippen LogP contribution in [-0.4, -0.2) is 11.2 Å². The molecule has 0 aliphatic heterocycles. The third kappa shape index (κ3) is 3.15. The molecule has 0 radical (unpaired) electrons. The van der Waals surface area contributed by atoms with Gasteiger partial charge in [-0.1, -0.05) is 11.6 Å². The largest absolute Gasteiger partial charge is 0.456 e.